The van der Waals surface area contributed by atoms with Crippen molar-refractivity contribution in [3.8, 4) is 0 Å². The summed E-state index contributed by atoms with van der Waals surface area (Å²) in [5.41, 5.74) is 3.31. The second kappa shape index (κ2) is 8.62. The number of aryl methyl sites for hydroxylation is 4. The highest BCUT2D eigenvalue weighted by Gasteiger charge is 2.24. The SMILES string of the molecule is Cc1cc(C)c2sc(N(Cc3ccccc3)C(=O)Cn3c(=O)c4c(ncn4C)n(C)c3=O)nc2c1. The van der Waals surface area contributed by atoms with Gasteiger partial charge in [0, 0.05) is 14.1 Å². The highest BCUT2D eigenvalue weighted by atomic mass is 32.1. The van der Waals surface area contributed by atoms with Crippen molar-refractivity contribution in [2.24, 2.45) is 14.1 Å². The van der Waals surface area contributed by atoms with E-state index in [-0.39, 0.29) is 17.7 Å². The third-order valence-corrected chi connectivity index (χ3v) is 7.25. The molecule has 2 aromatic carbocycles. The first-order valence-electron chi connectivity index (χ1n) is 11.1. The summed E-state index contributed by atoms with van der Waals surface area (Å²) in [5, 5.41) is 0.522. The molecule has 0 unspecified atom stereocenters. The van der Waals surface area contributed by atoms with Gasteiger partial charge in [0.2, 0.25) is 5.91 Å². The molecule has 0 N–H and O–H groups in total. The summed E-state index contributed by atoms with van der Waals surface area (Å²) < 4.78 is 4.81. The van der Waals surface area contributed by atoms with E-state index in [1.807, 2.05) is 50.2 Å². The molecule has 0 atom stereocenters. The van der Waals surface area contributed by atoms with Gasteiger partial charge in [0.15, 0.2) is 16.3 Å². The molecule has 0 saturated heterocycles. The highest BCUT2D eigenvalue weighted by Crippen LogP contribution is 2.33. The van der Waals surface area contributed by atoms with Gasteiger partial charge in [-0.25, -0.2) is 19.3 Å². The normalized spacial score (nSPS) is 11.4. The van der Waals surface area contributed by atoms with Crippen molar-refractivity contribution in [2.45, 2.75) is 26.9 Å². The van der Waals surface area contributed by atoms with Crippen LogP contribution in [0.25, 0.3) is 21.4 Å². The smallest absolute Gasteiger partial charge is 0.328 e. The predicted octanol–water partition coefficient (Wildman–Crippen LogP) is 2.89. The van der Waals surface area contributed by atoms with Crippen LogP contribution >= 0.6 is 11.3 Å². The Labute approximate surface area is 204 Å². The minimum atomic E-state index is -0.593. The Morgan fingerprint density at radius 3 is 2.57 bits per heavy atom. The van der Waals surface area contributed by atoms with Crippen molar-refractivity contribution >= 4 is 43.8 Å². The van der Waals surface area contributed by atoms with Gasteiger partial charge in [0.05, 0.1) is 23.1 Å². The maximum absolute atomic E-state index is 13.7. The lowest BCUT2D eigenvalue weighted by atomic mass is 10.1. The molecule has 0 radical (unpaired) electrons. The molecule has 0 aliphatic carbocycles. The molecule has 9 nitrogen and oxygen atoms in total. The summed E-state index contributed by atoms with van der Waals surface area (Å²) in [4.78, 5) is 50.3. The quantitative estimate of drug-likeness (QED) is 0.379. The molecule has 0 aliphatic heterocycles. The second-order valence-electron chi connectivity index (χ2n) is 8.65. The second-order valence-corrected chi connectivity index (χ2v) is 9.63. The maximum atomic E-state index is 13.7. The summed E-state index contributed by atoms with van der Waals surface area (Å²) in [6, 6.07) is 13.6. The van der Waals surface area contributed by atoms with Crippen LogP contribution < -0.4 is 16.1 Å². The number of hydrogen-bond donors (Lipinski definition) is 0. The third-order valence-electron chi connectivity index (χ3n) is 6.02. The predicted molar refractivity (Wildman–Crippen MR) is 137 cm³/mol. The van der Waals surface area contributed by atoms with Gasteiger partial charge in [-0.15, -0.1) is 0 Å². The molecule has 178 valence electrons. The van der Waals surface area contributed by atoms with Gasteiger partial charge in [-0.05, 0) is 36.6 Å². The monoisotopic (exact) mass is 488 g/mol. The fourth-order valence-corrected chi connectivity index (χ4v) is 5.30. The van der Waals surface area contributed by atoms with Crippen molar-refractivity contribution in [3.63, 3.8) is 0 Å². The molecule has 35 heavy (non-hydrogen) atoms. The first-order valence-corrected chi connectivity index (χ1v) is 11.9. The standard InChI is InChI=1S/C25H24N6O3S/c1-15-10-16(2)21-18(11-15)27-24(35-21)30(12-17-8-6-5-7-9-17)19(32)13-31-23(33)20-22(26-14-28(20)3)29(4)25(31)34/h5-11,14H,12-13H2,1-4H3. The largest absolute Gasteiger partial charge is 0.332 e. The average molecular weight is 489 g/mol. The molecule has 1 amide bonds. The lowest BCUT2D eigenvalue weighted by Gasteiger charge is -2.20. The number of benzene rings is 2. The van der Waals surface area contributed by atoms with E-state index in [0.29, 0.717) is 5.13 Å². The summed E-state index contributed by atoms with van der Waals surface area (Å²) in [6.07, 6.45) is 1.48. The van der Waals surface area contributed by atoms with Gasteiger partial charge < -0.3 is 4.57 Å². The summed E-state index contributed by atoms with van der Waals surface area (Å²) in [7, 11) is 3.22. The van der Waals surface area contributed by atoms with Crippen LogP contribution in [-0.4, -0.2) is 29.6 Å². The Morgan fingerprint density at radius 1 is 1.09 bits per heavy atom. The van der Waals surface area contributed by atoms with Crippen LogP contribution in [0.4, 0.5) is 5.13 Å². The summed E-state index contributed by atoms with van der Waals surface area (Å²) >= 11 is 1.43. The molecule has 3 aromatic heterocycles. The van der Waals surface area contributed by atoms with Gasteiger partial charge in [0.25, 0.3) is 5.56 Å². The lowest BCUT2D eigenvalue weighted by molar-refractivity contribution is -0.119. The number of aromatic nitrogens is 5. The van der Waals surface area contributed by atoms with Gasteiger partial charge in [0.1, 0.15) is 6.54 Å². The topological polar surface area (TPSA) is 95.0 Å². The minimum absolute atomic E-state index is 0.264. The average Bonchev–Trinajstić information content (AvgIpc) is 3.43. The number of amides is 1. The zero-order chi connectivity index (χ0) is 24.9. The number of fused-ring (bicyclic) bond motifs is 2. The number of carbonyl (C=O) groups is 1. The van der Waals surface area contributed by atoms with E-state index in [1.165, 1.54) is 22.2 Å². The molecule has 0 spiro atoms. The number of imidazole rings is 1. The molecular formula is C25H24N6O3S. The van der Waals surface area contributed by atoms with E-state index in [4.69, 9.17) is 4.98 Å². The first kappa shape index (κ1) is 22.7. The number of rotatable bonds is 5. The van der Waals surface area contributed by atoms with Gasteiger partial charge >= 0.3 is 5.69 Å². The van der Waals surface area contributed by atoms with Crippen LogP contribution in [0.15, 0.2) is 58.4 Å². The molecule has 0 fully saturated rings. The van der Waals surface area contributed by atoms with Crippen molar-refractivity contribution in [2.75, 3.05) is 4.90 Å². The number of anilines is 1. The molecule has 10 heteroatoms. The fraction of sp³-hybridized carbons (Fsp3) is 0.240. The van der Waals surface area contributed by atoms with Crippen molar-refractivity contribution in [1.82, 2.24) is 23.7 Å². The van der Waals surface area contributed by atoms with Crippen LogP contribution in [-0.2, 0) is 32.0 Å². The molecule has 3 heterocycles. The zero-order valence-electron chi connectivity index (χ0n) is 19.8. The Hall–Kier alpha value is -4.05. The number of carbonyl (C=O) groups excluding carboxylic acids is 1. The number of hydrogen-bond acceptors (Lipinski definition) is 6. The lowest BCUT2D eigenvalue weighted by Crippen LogP contribution is -2.44. The highest BCUT2D eigenvalue weighted by molar-refractivity contribution is 7.22. The van der Waals surface area contributed by atoms with Crippen molar-refractivity contribution in [1.29, 1.82) is 0 Å². The van der Waals surface area contributed by atoms with Gasteiger partial charge in [-0.3, -0.25) is 19.1 Å². The van der Waals surface area contributed by atoms with Crippen LogP contribution in [0.5, 0.6) is 0 Å². The van der Waals surface area contributed by atoms with Crippen LogP contribution in [0.2, 0.25) is 0 Å². The summed E-state index contributed by atoms with van der Waals surface area (Å²) in [5.74, 6) is -0.400. The van der Waals surface area contributed by atoms with E-state index >= 15 is 0 Å². The van der Waals surface area contributed by atoms with Gasteiger partial charge in [-0.1, -0.05) is 47.7 Å². The third kappa shape index (κ3) is 3.95. The zero-order valence-corrected chi connectivity index (χ0v) is 20.7. The Bertz CT molecular complexity index is 1710. The van der Waals surface area contributed by atoms with E-state index < -0.39 is 23.7 Å². The number of nitrogens with zero attached hydrogens (tertiary/aromatic N) is 6. The first-order chi connectivity index (χ1) is 16.7. The van der Waals surface area contributed by atoms with Crippen molar-refractivity contribution in [3.05, 3.63) is 86.3 Å². The van der Waals surface area contributed by atoms with Crippen molar-refractivity contribution < 1.29 is 4.79 Å². The Morgan fingerprint density at radius 2 is 1.83 bits per heavy atom. The minimum Gasteiger partial charge on any atom is -0.328 e. The molecule has 0 saturated carbocycles. The Balaban J connectivity index is 1.61. The molecule has 0 bridgehead atoms. The van der Waals surface area contributed by atoms with Crippen LogP contribution in [0.1, 0.15) is 16.7 Å². The van der Waals surface area contributed by atoms with E-state index in [1.54, 1.807) is 23.6 Å². The van der Waals surface area contributed by atoms with Crippen LogP contribution in [0, 0.1) is 13.8 Å². The molecular weight excluding hydrogens is 464 g/mol. The van der Waals surface area contributed by atoms with E-state index in [9.17, 15) is 14.4 Å². The van der Waals surface area contributed by atoms with Crippen LogP contribution in [0.3, 0.4) is 0 Å². The maximum Gasteiger partial charge on any atom is 0.332 e. The Kier molecular flexibility index (Phi) is 5.60. The van der Waals surface area contributed by atoms with E-state index in [2.05, 4.69) is 11.1 Å². The molecule has 5 aromatic rings. The molecule has 5 rings (SSSR count). The van der Waals surface area contributed by atoms with E-state index in [0.717, 1.165) is 31.5 Å². The molecule has 0 aliphatic rings. The van der Waals surface area contributed by atoms with Gasteiger partial charge in [-0.2, -0.15) is 0 Å². The summed E-state index contributed by atoms with van der Waals surface area (Å²) in [6.45, 7) is 3.89. The number of thiazole rings is 1. The fourth-order valence-electron chi connectivity index (χ4n) is 4.27.